The number of esters is 1. The number of aromatic amines is 1. The van der Waals surface area contributed by atoms with Crippen LogP contribution < -0.4 is 4.74 Å². The normalized spacial score (nSPS) is 11.2. The molecule has 6 rings (SSSR count). The predicted molar refractivity (Wildman–Crippen MR) is 146 cm³/mol. The van der Waals surface area contributed by atoms with Gasteiger partial charge in [0.2, 0.25) is 0 Å². The summed E-state index contributed by atoms with van der Waals surface area (Å²) in [5.41, 5.74) is 4.76. The minimum absolute atomic E-state index is 0.197. The molecule has 0 spiro atoms. The number of methoxy groups -OCH3 is 1. The summed E-state index contributed by atoms with van der Waals surface area (Å²) in [6.45, 7) is 0.197. The van der Waals surface area contributed by atoms with E-state index in [2.05, 4.69) is 20.3 Å². The number of benzene rings is 3. The second kappa shape index (κ2) is 9.81. The number of pyridine rings is 1. The highest BCUT2D eigenvalue weighted by Gasteiger charge is 2.18. The Morgan fingerprint density at radius 2 is 1.84 bits per heavy atom. The van der Waals surface area contributed by atoms with Gasteiger partial charge in [0.15, 0.2) is 0 Å². The van der Waals surface area contributed by atoms with Crippen molar-refractivity contribution in [1.29, 1.82) is 0 Å². The summed E-state index contributed by atoms with van der Waals surface area (Å²) >= 11 is 12.1. The van der Waals surface area contributed by atoms with Gasteiger partial charge in [-0.25, -0.2) is 14.5 Å². The molecule has 0 saturated heterocycles. The minimum Gasteiger partial charge on any atom is -0.487 e. The number of rotatable bonds is 6. The first kappa shape index (κ1) is 24.0. The van der Waals surface area contributed by atoms with Crippen molar-refractivity contribution in [2.24, 2.45) is 0 Å². The molecule has 0 fully saturated rings. The first-order valence-electron chi connectivity index (χ1n) is 11.6. The van der Waals surface area contributed by atoms with Crippen molar-refractivity contribution in [2.45, 2.75) is 6.61 Å². The summed E-state index contributed by atoms with van der Waals surface area (Å²) in [6, 6.07) is 22.4. The van der Waals surface area contributed by atoms with Crippen molar-refractivity contribution < 1.29 is 14.3 Å². The molecular formula is C28H19Cl2N5O3. The Morgan fingerprint density at radius 3 is 2.68 bits per heavy atom. The highest BCUT2D eigenvalue weighted by atomic mass is 35.5. The van der Waals surface area contributed by atoms with Gasteiger partial charge in [0.05, 0.1) is 40.2 Å². The van der Waals surface area contributed by atoms with Crippen LogP contribution in [-0.2, 0) is 11.3 Å². The number of aromatic nitrogens is 5. The maximum absolute atomic E-state index is 12.4. The standard InChI is InChI=1S/C28H19Cl2N5O3/c1-37-28(36)25-13-21-20-7-2-3-8-24(20)31-27(21)26(32-25)16-5-4-6-19(11-16)38-15-17-14-35(34-33-17)18-9-10-22(29)23(30)12-18/h2-14,31H,15H2,1H3. The molecule has 0 atom stereocenters. The molecule has 0 bridgehead atoms. The third kappa shape index (κ3) is 4.44. The average Bonchev–Trinajstić information content (AvgIpc) is 3.57. The van der Waals surface area contributed by atoms with Gasteiger partial charge in [0.25, 0.3) is 0 Å². The zero-order chi connectivity index (χ0) is 26.2. The lowest BCUT2D eigenvalue weighted by Crippen LogP contribution is -2.05. The van der Waals surface area contributed by atoms with Crippen LogP contribution in [0.2, 0.25) is 10.0 Å². The average molecular weight is 544 g/mol. The number of nitrogens with zero attached hydrogens (tertiary/aromatic N) is 4. The molecule has 0 aliphatic rings. The second-order valence-electron chi connectivity index (χ2n) is 8.51. The number of hydrogen-bond acceptors (Lipinski definition) is 6. The summed E-state index contributed by atoms with van der Waals surface area (Å²) < 4.78 is 12.6. The molecule has 3 aromatic heterocycles. The molecule has 0 amide bonds. The van der Waals surface area contributed by atoms with Gasteiger partial charge in [-0.2, -0.15) is 0 Å². The van der Waals surface area contributed by atoms with E-state index in [1.165, 1.54) is 7.11 Å². The van der Waals surface area contributed by atoms with Gasteiger partial charge in [-0.15, -0.1) is 5.10 Å². The number of H-pyrrole nitrogens is 1. The Kier molecular flexibility index (Phi) is 6.19. The van der Waals surface area contributed by atoms with Crippen LogP contribution in [0.5, 0.6) is 5.75 Å². The number of nitrogens with one attached hydrogen (secondary N) is 1. The van der Waals surface area contributed by atoms with Crippen LogP contribution in [0.3, 0.4) is 0 Å². The van der Waals surface area contributed by atoms with E-state index < -0.39 is 5.97 Å². The molecule has 0 radical (unpaired) electrons. The number of halogens is 2. The van der Waals surface area contributed by atoms with E-state index in [0.717, 1.165) is 33.1 Å². The zero-order valence-corrected chi connectivity index (χ0v) is 21.5. The maximum atomic E-state index is 12.4. The van der Waals surface area contributed by atoms with E-state index in [4.69, 9.17) is 32.7 Å². The highest BCUT2D eigenvalue weighted by molar-refractivity contribution is 6.42. The fourth-order valence-corrected chi connectivity index (χ4v) is 4.56. The Hall–Kier alpha value is -4.40. The SMILES string of the molecule is COC(=O)c1cc2c([nH]c3ccccc32)c(-c2cccc(OCc3cn(-c4ccc(Cl)c(Cl)c4)nn3)c2)n1. The fraction of sp³-hybridized carbons (Fsp3) is 0.0714. The van der Waals surface area contributed by atoms with Gasteiger partial charge < -0.3 is 14.5 Å². The van der Waals surface area contributed by atoms with E-state index in [-0.39, 0.29) is 12.3 Å². The number of hydrogen-bond donors (Lipinski definition) is 1. The van der Waals surface area contributed by atoms with Gasteiger partial charge in [0, 0.05) is 21.9 Å². The molecule has 3 heterocycles. The molecule has 0 aliphatic carbocycles. The highest BCUT2D eigenvalue weighted by Crippen LogP contribution is 2.34. The number of ether oxygens (including phenoxy) is 2. The zero-order valence-electron chi connectivity index (χ0n) is 20.0. The van der Waals surface area contributed by atoms with E-state index in [9.17, 15) is 4.79 Å². The van der Waals surface area contributed by atoms with Gasteiger partial charge in [-0.05, 0) is 42.5 Å². The van der Waals surface area contributed by atoms with Crippen molar-refractivity contribution in [3.63, 3.8) is 0 Å². The summed E-state index contributed by atoms with van der Waals surface area (Å²) in [6.07, 6.45) is 1.76. The van der Waals surface area contributed by atoms with Crippen molar-refractivity contribution in [1.82, 2.24) is 25.0 Å². The number of carbonyl (C=O) groups is 1. The molecule has 0 saturated carbocycles. The number of para-hydroxylation sites is 1. The van der Waals surface area contributed by atoms with Crippen LogP contribution in [0.15, 0.2) is 79.0 Å². The maximum Gasteiger partial charge on any atom is 0.356 e. The monoisotopic (exact) mass is 543 g/mol. The van der Waals surface area contributed by atoms with Crippen molar-refractivity contribution in [3.8, 4) is 22.7 Å². The van der Waals surface area contributed by atoms with Crippen LogP contribution in [0.1, 0.15) is 16.2 Å². The van der Waals surface area contributed by atoms with Crippen molar-refractivity contribution >= 4 is 51.0 Å². The number of fused-ring (bicyclic) bond motifs is 3. The molecule has 38 heavy (non-hydrogen) atoms. The minimum atomic E-state index is -0.504. The van der Waals surface area contributed by atoms with Gasteiger partial charge in [0.1, 0.15) is 23.7 Å². The smallest absolute Gasteiger partial charge is 0.356 e. The molecule has 8 nitrogen and oxygen atoms in total. The first-order chi connectivity index (χ1) is 18.5. The van der Waals surface area contributed by atoms with Crippen LogP contribution in [0.4, 0.5) is 0 Å². The van der Waals surface area contributed by atoms with Gasteiger partial charge in [-0.3, -0.25) is 0 Å². The van der Waals surface area contributed by atoms with Crippen molar-refractivity contribution in [2.75, 3.05) is 7.11 Å². The molecular weight excluding hydrogens is 525 g/mol. The number of carbonyl (C=O) groups excluding carboxylic acids is 1. The van der Waals surface area contributed by atoms with Crippen LogP contribution in [0, 0.1) is 0 Å². The van der Waals surface area contributed by atoms with E-state index in [1.54, 1.807) is 35.1 Å². The Balaban J connectivity index is 1.31. The predicted octanol–water partition coefficient (Wildman–Crippen LogP) is 6.64. The molecule has 1 N–H and O–H groups in total. The third-order valence-corrected chi connectivity index (χ3v) is 6.83. The summed E-state index contributed by atoms with van der Waals surface area (Å²) in [5, 5.41) is 11.1. The summed E-state index contributed by atoms with van der Waals surface area (Å²) in [5.74, 6) is 0.108. The van der Waals surface area contributed by atoms with E-state index in [0.29, 0.717) is 27.2 Å². The summed E-state index contributed by atoms with van der Waals surface area (Å²) in [7, 11) is 1.34. The Bertz CT molecular complexity index is 1830. The fourth-order valence-electron chi connectivity index (χ4n) is 4.27. The van der Waals surface area contributed by atoms with E-state index >= 15 is 0 Å². The quantitative estimate of drug-likeness (QED) is 0.237. The topological polar surface area (TPSA) is 94.9 Å². The van der Waals surface area contributed by atoms with Gasteiger partial charge >= 0.3 is 5.97 Å². The molecule has 10 heteroatoms. The molecule has 0 aliphatic heterocycles. The second-order valence-corrected chi connectivity index (χ2v) is 9.32. The lowest BCUT2D eigenvalue weighted by atomic mass is 10.1. The first-order valence-corrected chi connectivity index (χ1v) is 12.4. The van der Waals surface area contributed by atoms with Crippen LogP contribution >= 0.6 is 23.2 Å². The molecule has 6 aromatic rings. The van der Waals surface area contributed by atoms with Gasteiger partial charge in [-0.1, -0.05) is 58.7 Å². The Morgan fingerprint density at radius 1 is 0.974 bits per heavy atom. The summed E-state index contributed by atoms with van der Waals surface area (Å²) in [4.78, 5) is 20.5. The van der Waals surface area contributed by atoms with Crippen LogP contribution in [0.25, 0.3) is 38.8 Å². The lowest BCUT2D eigenvalue weighted by Gasteiger charge is -2.09. The molecule has 3 aromatic carbocycles. The lowest BCUT2D eigenvalue weighted by molar-refractivity contribution is 0.0594. The molecule has 188 valence electrons. The van der Waals surface area contributed by atoms with E-state index in [1.807, 2.05) is 48.5 Å². The third-order valence-electron chi connectivity index (χ3n) is 6.09. The van der Waals surface area contributed by atoms with Crippen LogP contribution in [-0.4, -0.2) is 38.0 Å². The molecule has 0 unspecified atom stereocenters. The Labute approximate surface area is 226 Å². The largest absolute Gasteiger partial charge is 0.487 e. The van der Waals surface area contributed by atoms with Crippen molar-refractivity contribution in [3.05, 3.63) is 100 Å².